The number of ether oxygens (including phenoxy) is 1. The van der Waals surface area contributed by atoms with Crippen LogP contribution in [0.4, 0.5) is 5.82 Å². The summed E-state index contributed by atoms with van der Waals surface area (Å²) in [5.41, 5.74) is 0. The topological polar surface area (TPSA) is 108 Å². The van der Waals surface area contributed by atoms with Crippen molar-refractivity contribution in [1.29, 1.82) is 0 Å². The van der Waals surface area contributed by atoms with Crippen LogP contribution in [0.1, 0.15) is 13.8 Å². The van der Waals surface area contributed by atoms with Crippen LogP contribution in [0.15, 0.2) is 12.3 Å². The molecule has 1 aromatic heterocycles. The maximum atomic E-state index is 12.0. The third-order valence-electron chi connectivity index (χ3n) is 2.47. The van der Waals surface area contributed by atoms with E-state index in [0.29, 0.717) is 6.54 Å². The van der Waals surface area contributed by atoms with Crippen molar-refractivity contribution in [2.45, 2.75) is 20.4 Å². The Balaban J connectivity index is 2.62. The number of esters is 1. The molecule has 9 heteroatoms. The number of rotatable bonds is 7. The Bertz CT molecular complexity index is 499. The van der Waals surface area contributed by atoms with Gasteiger partial charge < -0.3 is 19.8 Å². The minimum Gasteiger partial charge on any atom is -0.465 e. The van der Waals surface area contributed by atoms with Gasteiger partial charge >= 0.3 is 11.8 Å². The number of likely N-dealkylation sites (N-methyl/N-ethyl adjacent to an activating group) is 1. The lowest BCUT2D eigenvalue weighted by atomic mass is 10.4. The van der Waals surface area contributed by atoms with Crippen molar-refractivity contribution in [2.24, 2.45) is 0 Å². The largest absolute Gasteiger partial charge is 0.465 e. The van der Waals surface area contributed by atoms with E-state index in [-0.39, 0.29) is 31.4 Å². The second kappa shape index (κ2) is 7.22. The number of nitro groups is 1. The SMILES string of the molecule is CCOC(=O)CN(CC)C(=O)Cn1ccc([N+](=O)[O-])n1. The second-order valence-corrected chi connectivity index (χ2v) is 3.84. The zero-order chi connectivity index (χ0) is 15.1. The first-order valence-electron chi connectivity index (χ1n) is 6.09. The Labute approximate surface area is 115 Å². The molecule has 0 atom stereocenters. The summed E-state index contributed by atoms with van der Waals surface area (Å²) in [5.74, 6) is -1.18. The molecule has 0 saturated heterocycles. The molecule has 0 aliphatic carbocycles. The summed E-state index contributed by atoms with van der Waals surface area (Å²) in [6.45, 7) is 3.67. The van der Waals surface area contributed by atoms with Gasteiger partial charge in [-0.3, -0.25) is 9.59 Å². The molecule has 0 N–H and O–H groups in total. The normalized spacial score (nSPS) is 10.1. The smallest absolute Gasteiger partial charge is 0.389 e. The average Bonchev–Trinajstić information content (AvgIpc) is 2.84. The Kier molecular flexibility index (Phi) is 5.63. The lowest BCUT2D eigenvalue weighted by Gasteiger charge is -2.18. The van der Waals surface area contributed by atoms with Crippen LogP contribution in [0.3, 0.4) is 0 Å². The van der Waals surface area contributed by atoms with E-state index in [4.69, 9.17) is 4.74 Å². The van der Waals surface area contributed by atoms with Gasteiger partial charge in [-0.25, -0.2) is 0 Å². The first-order chi connectivity index (χ1) is 9.47. The predicted molar refractivity (Wildman–Crippen MR) is 67.8 cm³/mol. The van der Waals surface area contributed by atoms with E-state index in [9.17, 15) is 19.7 Å². The highest BCUT2D eigenvalue weighted by atomic mass is 16.6. The van der Waals surface area contributed by atoms with Crippen molar-refractivity contribution in [1.82, 2.24) is 14.7 Å². The van der Waals surface area contributed by atoms with E-state index in [1.807, 2.05) is 0 Å². The lowest BCUT2D eigenvalue weighted by Crippen LogP contribution is -2.38. The van der Waals surface area contributed by atoms with Crippen molar-refractivity contribution in [3.05, 3.63) is 22.4 Å². The van der Waals surface area contributed by atoms with Gasteiger partial charge in [-0.15, -0.1) is 0 Å². The van der Waals surface area contributed by atoms with Gasteiger partial charge in [0.15, 0.2) is 0 Å². The first-order valence-corrected chi connectivity index (χ1v) is 6.09. The van der Waals surface area contributed by atoms with Gasteiger partial charge in [0, 0.05) is 6.54 Å². The summed E-state index contributed by atoms with van der Waals surface area (Å²) in [5, 5.41) is 14.1. The quantitative estimate of drug-likeness (QED) is 0.402. The lowest BCUT2D eigenvalue weighted by molar-refractivity contribution is -0.389. The van der Waals surface area contributed by atoms with Gasteiger partial charge in [-0.05, 0) is 18.8 Å². The van der Waals surface area contributed by atoms with Crippen molar-refractivity contribution in [3.8, 4) is 0 Å². The van der Waals surface area contributed by atoms with Gasteiger partial charge in [-0.2, -0.15) is 4.68 Å². The second-order valence-electron chi connectivity index (χ2n) is 3.84. The van der Waals surface area contributed by atoms with Crippen molar-refractivity contribution >= 4 is 17.7 Å². The molecule has 110 valence electrons. The summed E-state index contributed by atoms with van der Waals surface area (Å²) in [6, 6.07) is 1.20. The van der Waals surface area contributed by atoms with Gasteiger partial charge in [-0.1, -0.05) is 0 Å². The van der Waals surface area contributed by atoms with Crippen LogP contribution >= 0.6 is 0 Å². The molecule has 1 rings (SSSR count). The minimum atomic E-state index is -0.642. The molecule has 0 radical (unpaired) electrons. The number of hydrogen-bond donors (Lipinski definition) is 0. The van der Waals surface area contributed by atoms with E-state index in [1.165, 1.54) is 17.2 Å². The van der Waals surface area contributed by atoms with Gasteiger partial charge in [0.1, 0.15) is 13.1 Å². The standard InChI is InChI=1S/C11H16N4O5/c1-3-13(8-11(17)20-4-2)10(16)7-14-6-5-9(12-14)15(18)19/h5-6H,3-4,7-8H2,1-2H3. The number of carbonyl (C=O) groups is 2. The zero-order valence-corrected chi connectivity index (χ0v) is 11.3. The van der Waals surface area contributed by atoms with E-state index < -0.39 is 10.9 Å². The number of amides is 1. The molecular formula is C11H16N4O5. The monoisotopic (exact) mass is 284 g/mol. The highest BCUT2D eigenvalue weighted by Crippen LogP contribution is 2.05. The third kappa shape index (κ3) is 4.34. The minimum absolute atomic E-state index is 0.146. The molecule has 0 saturated carbocycles. The molecular weight excluding hydrogens is 268 g/mol. The number of aromatic nitrogens is 2. The molecule has 1 heterocycles. The van der Waals surface area contributed by atoms with Gasteiger partial charge in [0.2, 0.25) is 5.91 Å². The van der Waals surface area contributed by atoms with Crippen LogP contribution in [-0.2, 0) is 20.9 Å². The Hall–Kier alpha value is -2.45. The van der Waals surface area contributed by atoms with Crippen molar-refractivity contribution in [3.63, 3.8) is 0 Å². The zero-order valence-electron chi connectivity index (χ0n) is 11.3. The van der Waals surface area contributed by atoms with Gasteiger partial charge in [0.25, 0.3) is 0 Å². The number of nitrogens with zero attached hydrogens (tertiary/aromatic N) is 4. The number of carbonyl (C=O) groups excluding carboxylic acids is 2. The molecule has 0 aromatic carbocycles. The molecule has 0 fully saturated rings. The molecule has 1 aromatic rings. The van der Waals surface area contributed by atoms with Crippen molar-refractivity contribution < 1.29 is 19.2 Å². The molecule has 9 nitrogen and oxygen atoms in total. The summed E-state index contributed by atoms with van der Waals surface area (Å²) in [4.78, 5) is 34.4. The van der Waals surface area contributed by atoms with E-state index in [2.05, 4.69) is 5.10 Å². The summed E-state index contributed by atoms with van der Waals surface area (Å²) >= 11 is 0. The Morgan fingerprint density at radius 3 is 2.70 bits per heavy atom. The fourth-order valence-electron chi connectivity index (χ4n) is 1.51. The van der Waals surface area contributed by atoms with Gasteiger partial charge in [0.05, 0.1) is 24.0 Å². The summed E-state index contributed by atoms with van der Waals surface area (Å²) in [7, 11) is 0. The van der Waals surface area contributed by atoms with Crippen LogP contribution in [0.2, 0.25) is 0 Å². The molecule has 0 bridgehead atoms. The summed E-state index contributed by atoms with van der Waals surface area (Å²) in [6.07, 6.45) is 1.34. The van der Waals surface area contributed by atoms with Crippen molar-refractivity contribution in [2.75, 3.05) is 19.7 Å². The third-order valence-corrected chi connectivity index (χ3v) is 2.47. The first kappa shape index (κ1) is 15.6. The highest BCUT2D eigenvalue weighted by Gasteiger charge is 2.19. The van der Waals surface area contributed by atoms with Crippen LogP contribution in [0.25, 0.3) is 0 Å². The Morgan fingerprint density at radius 1 is 1.50 bits per heavy atom. The molecule has 0 aliphatic heterocycles. The maximum Gasteiger partial charge on any atom is 0.389 e. The van der Waals surface area contributed by atoms with Crippen LogP contribution in [-0.4, -0.2) is 51.2 Å². The fourth-order valence-corrected chi connectivity index (χ4v) is 1.51. The number of hydrogen-bond acceptors (Lipinski definition) is 6. The van der Waals surface area contributed by atoms with Crippen LogP contribution < -0.4 is 0 Å². The molecule has 0 spiro atoms. The molecule has 0 aliphatic rings. The maximum absolute atomic E-state index is 12.0. The van der Waals surface area contributed by atoms with Crippen LogP contribution in [0.5, 0.6) is 0 Å². The van der Waals surface area contributed by atoms with Crippen LogP contribution in [0, 0.1) is 10.1 Å². The average molecular weight is 284 g/mol. The van der Waals surface area contributed by atoms with E-state index >= 15 is 0 Å². The Morgan fingerprint density at radius 2 is 2.20 bits per heavy atom. The highest BCUT2D eigenvalue weighted by molar-refractivity contribution is 5.81. The summed E-state index contributed by atoms with van der Waals surface area (Å²) < 4.78 is 5.93. The predicted octanol–water partition coefficient (Wildman–Crippen LogP) is 0.203. The molecule has 1 amide bonds. The molecule has 0 unspecified atom stereocenters. The van der Waals surface area contributed by atoms with E-state index in [0.717, 1.165) is 4.68 Å². The molecule has 20 heavy (non-hydrogen) atoms. The van der Waals surface area contributed by atoms with E-state index in [1.54, 1.807) is 13.8 Å². The fraction of sp³-hybridized carbons (Fsp3) is 0.545.